The maximum Gasteiger partial charge on any atom is 0.167 e. The Bertz CT molecular complexity index is 468. The van der Waals surface area contributed by atoms with Crippen LogP contribution in [-0.4, -0.2) is 10.3 Å². The molecule has 74 valence electrons. The summed E-state index contributed by atoms with van der Waals surface area (Å²) in [6, 6.07) is 3.47. The Morgan fingerprint density at radius 2 is 2.14 bits per heavy atom. The quantitative estimate of drug-likeness (QED) is 0.673. The summed E-state index contributed by atoms with van der Waals surface area (Å²) >= 11 is 0. The van der Waals surface area contributed by atoms with Gasteiger partial charge in [0.1, 0.15) is 0 Å². The van der Waals surface area contributed by atoms with Gasteiger partial charge in [-0.25, -0.2) is 0 Å². The average Bonchev–Trinajstić information content (AvgIpc) is 2.47. The summed E-state index contributed by atoms with van der Waals surface area (Å²) < 4.78 is 4.99. The van der Waals surface area contributed by atoms with Gasteiger partial charge in [0.05, 0.1) is 11.8 Å². The summed E-state index contributed by atoms with van der Waals surface area (Å²) in [6.07, 6.45) is 1.60. The molecule has 0 spiro atoms. The highest BCUT2D eigenvalue weighted by Crippen LogP contribution is 2.29. The number of nitrogens with zero attached hydrogens (tertiary/aromatic N) is 1. The van der Waals surface area contributed by atoms with E-state index in [0.29, 0.717) is 16.8 Å². The first-order valence-corrected chi connectivity index (χ1v) is 4.35. The standard InChI is InChI=1S/C10H12N2O2/c1-10(2,13)7-4-9-6(3-8(7)11)5-12-14-9/h3-5,13H,11H2,1-2H3. The normalized spacial score (nSPS) is 12.2. The first kappa shape index (κ1) is 9.02. The molecule has 0 saturated carbocycles. The summed E-state index contributed by atoms with van der Waals surface area (Å²) in [6.45, 7) is 3.36. The van der Waals surface area contributed by atoms with Crippen LogP contribution in [0.2, 0.25) is 0 Å². The molecule has 0 aliphatic rings. The number of aromatic nitrogens is 1. The van der Waals surface area contributed by atoms with E-state index < -0.39 is 5.60 Å². The van der Waals surface area contributed by atoms with Crippen LogP contribution in [0, 0.1) is 0 Å². The molecule has 0 unspecified atom stereocenters. The lowest BCUT2D eigenvalue weighted by Crippen LogP contribution is -2.17. The molecule has 0 atom stereocenters. The van der Waals surface area contributed by atoms with E-state index in [1.807, 2.05) is 0 Å². The van der Waals surface area contributed by atoms with Crippen LogP contribution in [0.5, 0.6) is 0 Å². The molecule has 0 radical (unpaired) electrons. The smallest absolute Gasteiger partial charge is 0.167 e. The Balaban J connectivity index is 2.71. The zero-order chi connectivity index (χ0) is 10.3. The van der Waals surface area contributed by atoms with E-state index in [2.05, 4.69) is 5.16 Å². The van der Waals surface area contributed by atoms with Gasteiger partial charge in [0.25, 0.3) is 0 Å². The molecule has 0 saturated heterocycles. The van der Waals surface area contributed by atoms with E-state index >= 15 is 0 Å². The second-order valence-corrected chi connectivity index (χ2v) is 3.86. The van der Waals surface area contributed by atoms with E-state index in [4.69, 9.17) is 10.3 Å². The van der Waals surface area contributed by atoms with Crippen molar-refractivity contribution in [2.75, 3.05) is 5.73 Å². The van der Waals surface area contributed by atoms with Crippen molar-refractivity contribution < 1.29 is 9.63 Å². The zero-order valence-electron chi connectivity index (χ0n) is 8.11. The van der Waals surface area contributed by atoms with Gasteiger partial charge >= 0.3 is 0 Å². The Morgan fingerprint density at radius 1 is 1.43 bits per heavy atom. The highest BCUT2D eigenvalue weighted by Gasteiger charge is 2.20. The molecular formula is C10H12N2O2. The van der Waals surface area contributed by atoms with Gasteiger partial charge in [-0.2, -0.15) is 0 Å². The molecule has 0 amide bonds. The molecule has 1 heterocycles. The van der Waals surface area contributed by atoms with Crippen LogP contribution >= 0.6 is 0 Å². The number of nitrogen functional groups attached to an aromatic ring is 1. The van der Waals surface area contributed by atoms with Crippen LogP contribution in [0.3, 0.4) is 0 Å². The van der Waals surface area contributed by atoms with E-state index in [9.17, 15) is 5.11 Å². The molecule has 0 aliphatic heterocycles. The molecule has 3 N–H and O–H groups in total. The number of fused-ring (bicyclic) bond motifs is 1. The number of rotatable bonds is 1. The lowest BCUT2D eigenvalue weighted by molar-refractivity contribution is 0.0794. The van der Waals surface area contributed by atoms with Crippen molar-refractivity contribution in [3.05, 3.63) is 23.9 Å². The number of hydrogen-bond donors (Lipinski definition) is 2. The monoisotopic (exact) mass is 192 g/mol. The predicted octanol–water partition coefficient (Wildman–Crippen LogP) is 1.64. The van der Waals surface area contributed by atoms with Gasteiger partial charge in [-0.3, -0.25) is 0 Å². The molecule has 2 aromatic rings. The SMILES string of the molecule is CC(C)(O)c1cc2oncc2cc1N. The lowest BCUT2D eigenvalue weighted by atomic mass is 9.96. The maximum absolute atomic E-state index is 9.82. The Labute approximate surface area is 81.3 Å². The van der Waals surface area contributed by atoms with Crippen molar-refractivity contribution in [2.24, 2.45) is 0 Å². The fourth-order valence-corrected chi connectivity index (χ4v) is 1.46. The molecule has 0 bridgehead atoms. The van der Waals surface area contributed by atoms with Crippen molar-refractivity contribution in [1.29, 1.82) is 0 Å². The summed E-state index contributed by atoms with van der Waals surface area (Å²) in [5, 5.41) is 14.3. The third-order valence-electron chi connectivity index (χ3n) is 2.18. The highest BCUT2D eigenvalue weighted by atomic mass is 16.5. The molecule has 2 rings (SSSR count). The Morgan fingerprint density at radius 3 is 2.79 bits per heavy atom. The van der Waals surface area contributed by atoms with Crippen LogP contribution in [-0.2, 0) is 5.60 Å². The van der Waals surface area contributed by atoms with Crippen molar-refractivity contribution in [2.45, 2.75) is 19.4 Å². The second kappa shape index (κ2) is 2.72. The minimum absolute atomic E-state index is 0.549. The number of anilines is 1. The molecule has 1 aromatic heterocycles. The van der Waals surface area contributed by atoms with E-state index in [0.717, 1.165) is 5.39 Å². The highest BCUT2D eigenvalue weighted by molar-refractivity contribution is 5.81. The third kappa shape index (κ3) is 1.33. The third-order valence-corrected chi connectivity index (χ3v) is 2.18. The topological polar surface area (TPSA) is 72.3 Å². The first-order valence-electron chi connectivity index (χ1n) is 4.35. The number of benzene rings is 1. The van der Waals surface area contributed by atoms with Crippen molar-refractivity contribution in [1.82, 2.24) is 5.16 Å². The average molecular weight is 192 g/mol. The van der Waals surface area contributed by atoms with Gasteiger partial charge in [0, 0.05) is 16.6 Å². The van der Waals surface area contributed by atoms with Gasteiger partial charge in [-0.1, -0.05) is 5.16 Å². The van der Waals surface area contributed by atoms with Gasteiger partial charge < -0.3 is 15.4 Å². The minimum atomic E-state index is -0.967. The molecular weight excluding hydrogens is 180 g/mol. The van der Waals surface area contributed by atoms with E-state index in [-0.39, 0.29) is 0 Å². The minimum Gasteiger partial charge on any atom is -0.398 e. The second-order valence-electron chi connectivity index (χ2n) is 3.86. The lowest BCUT2D eigenvalue weighted by Gasteiger charge is -2.19. The van der Waals surface area contributed by atoms with Crippen molar-refractivity contribution in [3.63, 3.8) is 0 Å². The van der Waals surface area contributed by atoms with Crippen LogP contribution in [0.1, 0.15) is 19.4 Å². The van der Waals surface area contributed by atoms with Gasteiger partial charge in [0.2, 0.25) is 0 Å². The fraction of sp³-hybridized carbons (Fsp3) is 0.300. The van der Waals surface area contributed by atoms with Crippen molar-refractivity contribution in [3.8, 4) is 0 Å². The van der Waals surface area contributed by atoms with E-state index in [1.165, 1.54) is 0 Å². The van der Waals surface area contributed by atoms with Gasteiger partial charge in [0.15, 0.2) is 5.58 Å². The number of hydrogen-bond acceptors (Lipinski definition) is 4. The van der Waals surface area contributed by atoms with Crippen LogP contribution < -0.4 is 5.73 Å². The first-order chi connectivity index (χ1) is 6.48. The Hall–Kier alpha value is -1.55. The van der Waals surface area contributed by atoms with Gasteiger partial charge in [-0.05, 0) is 26.0 Å². The zero-order valence-corrected chi connectivity index (χ0v) is 8.11. The summed E-state index contributed by atoms with van der Waals surface area (Å²) in [5.74, 6) is 0. The molecule has 0 fully saturated rings. The Kier molecular flexibility index (Phi) is 1.75. The largest absolute Gasteiger partial charge is 0.398 e. The summed E-state index contributed by atoms with van der Waals surface area (Å²) in [7, 11) is 0. The van der Waals surface area contributed by atoms with Crippen molar-refractivity contribution >= 4 is 16.7 Å². The number of nitrogens with two attached hydrogens (primary N) is 1. The molecule has 1 aromatic carbocycles. The number of aliphatic hydroxyl groups is 1. The maximum atomic E-state index is 9.82. The molecule has 0 aliphatic carbocycles. The molecule has 14 heavy (non-hydrogen) atoms. The predicted molar refractivity (Wildman–Crippen MR) is 53.7 cm³/mol. The van der Waals surface area contributed by atoms with Crippen LogP contribution in [0.15, 0.2) is 22.9 Å². The van der Waals surface area contributed by atoms with E-state index in [1.54, 1.807) is 32.2 Å². The van der Waals surface area contributed by atoms with Gasteiger partial charge in [-0.15, -0.1) is 0 Å². The summed E-state index contributed by atoms with van der Waals surface area (Å²) in [4.78, 5) is 0. The summed E-state index contributed by atoms with van der Waals surface area (Å²) in [5.41, 5.74) is 6.67. The molecule has 4 heteroatoms. The molecule has 4 nitrogen and oxygen atoms in total. The van der Waals surface area contributed by atoms with Crippen LogP contribution in [0.4, 0.5) is 5.69 Å². The fourth-order valence-electron chi connectivity index (χ4n) is 1.46. The van der Waals surface area contributed by atoms with Crippen LogP contribution in [0.25, 0.3) is 11.0 Å².